The third-order valence-electron chi connectivity index (χ3n) is 5.65. The molecule has 1 amide bonds. The smallest absolute Gasteiger partial charge is 0.303 e. The Morgan fingerprint density at radius 3 is 2.47 bits per heavy atom. The van der Waals surface area contributed by atoms with E-state index < -0.39 is 5.97 Å². The molecule has 0 saturated heterocycles. The molecule has 0 bridgehead atoms. The van der Waals surface area contributed by atoms with Gasteiger partial charge in [-0.25, -0.2) is 9.97 Å². The number of hydrogen-bond acceptors (Lipinski definition) is 6. The molecule has 4 N–H and O–H groups in total. The quantitative estimate of drug-likeness (QED) is 0.370. The lowest BCUT2D eigenvalue weighted by Gasteiger charge is -2.28. The van der Waals surface area contributed by atoms with Crippen LogP contribution in [0.15, 0.2) is 47.3 Å². The number of aromatic nitrogens is 4. The summed E-state index contributed by atoms with van der Waals surface area (Å²) >= 11 is 3.23. The predicted octanol–water partition coefficient (Wildman–Crippen LogP) is 4.71. The van der Waals surface area contributed by atoms with Gasteiger partial charge in [0.25, 0.3) is 5.91 Å². The molecule has 1 aliphatic rings. The van der Waals surface area contributed by atoms with Gasteiger partial charge in [0, 0.05) is 18.2 Å². The van der Waals surface area contributed by atoms with Crippen LogP contribution in [0.5, 0.6) is 0 Å². The Morgan fingerprint density at radius 1 is 1.06 bits per heavy atom. The van der Waals surface area contributed by atoms with Gasteiger partial charge in [-0.15, -0.1) is 0 Å². The van der Waals surface area contributed by atoms with Crippen molar-refractivity contribution in [3.8, 4) is 0 Å². The number of carbonyl (C=O) groups excluding carboxylic acids is 1. The first-order valence-corrected chi connectivity index (χ1v) is 11.2. The number of carboxylic acid groups (broad SMARTS) is 1. The van der Waals surface area contributed by atoms with Crippen LogP contribution < -0.4 is 10.6 Å². The molecule has 1 fully saturated rings. The molecule has 10 heteroatoms. The molecule has 0 aliphatic heterocycles. The number of carbonyl (C=O) groups is 2. The minimum absolute atomic E-state index is 0.263. The predicted molar refractivity (Wildman–Crippen MR) is 123 cm³/mol. The summed E-state index contributed by atoms with van der Waals surface area (Å²) in [4.78, 5) is 31.7. The van der Waals surface area contributed by atoms with Gasteiger partial charge in [-0.1, -0.05) is 12.1 Å². The summed E-state index contributed by atoms with van der Waals surface area (Å²) < 4.78 is 0.627. The van der Waals surface area contributed by atoms with Crippen LogP contribution in [-0.4, -0.2) is 37.1 Å². The highest BCUT2D eigenvalue weighted by molar-refractivity contribution is 9.10. The summed E-state index contributed by atoms with van der Waals surface area (Å²) in [5.74, 6) is 0.685. The molecule has 32 heavy (non-hydrogen) atoms. The molecule has 2 aromatic heterocycles. The number of H-pyrrole nitrogens is 1. The van der Waals surface area contributed by atoms with E-state index in [0.29, 0.717) is 33.5 Å². The third-order valence-corrected chi connectivity index (χ3v) is 6.06. The minimum atomic E-state index is -0.712. The van der Waals surface area contributed by atoms with E-state index in [4.69, 9.17) is 5.11 Å². The summed E-state index contributed by atoms with van der Waals surface area (Å²) in [5.41, 5.74) is 2.24. The molecule has 4 rings (SSSR count). The molecule has 1 aliphatic carbocycles. The second kappa shape index (κ2) is 9.90. The molecule has 1 saturated carbocycles. The molecule has 0 spiro atoms. The molecule has 166 valence electrons. The molecule has 0 unspecified atom stereocenters. The number of hydrogen-bond donors (Lipinski definition) is 4. The number of carboxylic acids is 1. The Morgan fingerprint density at radius 2 is 1.81 bits per heavy atom. The molecule has 3 aromatic rings. The number of aromatic amines is 1. The van der Waals surface area contributed by atoms with Crippen LogP contribution in [0.4, 0.5) is 17.3 Å². The number of nitrogens with zero attached hydrogens (tertiary/aromatic N) is 3. The van der Waals surface area contributed by atoms with Crippen LogP contribution in [0.2, 0.25) is 0 Å². The second-order valence-corrected chi connectivity index (χ2v) is 8.72. The van der Waals surface area contributed by atoms with Gasteiger partial charge in [0.2, 0.25) is 0 Å². The summed E-state index contributed by atoms with van der Waals surface area (Å²) in [5, 5.41) is 21.6. The SMILES string of the molecule is O=C(O)C[C@H]1CC[C@H](c2ccc(NC(=O)c3cc(Nc4cnc(Br)cn4)n[nH]3)cc2)CC1. The first kappa shape index (κ1) is 21.9. The van der Waals surface area contributed by atoms with Gasteiger partial charge >= 0.3 is 5.97 Å². The van der Waals surface area contributed by atoms with Gasteiger partial charge in [0.15, 0.2) is 5.82 Å². The number of amides is 1. The van der Waals surface area contributed by atoms with Crippen LogP contribution >= 0.6 is 15.9 Å². The Balaban J connectivity index is 1.31. The maximum atomic E-state index is 12.5. The number of rotatable bonds is 7. The van der Waals surface area contributed by atoms with E-state index in [1.54, 1.807) is 18.5 Å². The van der Waals surface area contributed by atoms with Gasteiger partial charge in [-0.2, -0.15) is 5.10 Å². The number of halogens is 1. The van der Waals surface area contributed by atoms with Crippen molar-refractivity contribution in [1.82, 2.24) is 20.2 Å². The molecule has 0 atom stereocenters. The highest BCUT2D eigenvalue weighted by Gasteiger charge is 2.24. The fraction of sp³-hybridized carbons (Fsp3) is 0.318. The Hall–Kier alpha value is -3.27. The van der Waals surface area contributed by atoms with Crippen LogP contribution in [0.3, 0.4) is 0 Å². The van der Waals surface area contributed by atoms with Crippen molar-refractivity contribution in [2.45, 2.75) is 38.0 Å². The summed E-state index contributed by atoms with van der Waals surface area (Å²) in [6.45, 7) is 0. The topological polar surface area (TPSA) is 133 Å². The number of nitrogens with one attached hydrogen (secondary N) is 3. The third kappa shape index (κ3) is 5.70. The molecular weight excluding hydrogens is 476 g/mol. The molecular formula is C22H23BrN6O3. The van der Waals surface area contributed by atoms with E-state index >= 15 is 0 Å². The van der Waals surface area contributed by atoms with Gasteiger partial charge in [-0.3, -0.25) is 14.7 Å². The zero-order chi connectivity index (χ0) is 22.5. The fourth-order valence-electron chi connectivity index (χ4n) is 3.99. The van der Waals surface area contributed by atoms with E-state index in [1.807, 2.05) is 24.3 Å². The summed E-state index contributed by atoms with van der Waals surface area (Å²) in [6.07, 6.45) is 7.26. The first-order valence-electron chi connectivity index (χ1n) is 10.4. The highest BCUT2D eigenvalue weighted by atomic mass is 79.9. The lowest BCUT2D eigenvalue weighted by molar-refractivity contribution is -0.138. The molecule has 0 radical (unpaired) electrons. The minimum Gasteiger partial charge on any atom is -0.481 e. The molecule has 9 nitrogen and oxygen atoms in total. The van der Waals surface area contributed by atoms with Crippen molar-refractivity contribution in [2.75, 3.05) is 10.6 Å². The summed E-state index contributed by atoms with van der Waals surface area (Å²) in [7, 11) is 0. The van der Waals surface area contributed by atoms with Crippen LogP contribution in [-0.2, 0) is 4.79 Å². The second-order valence-electron chi connectivity index (χ2n) is 7.91. The van der Waals surface area contributed by atoms with Crippen molar-refractivity contribution in [3.63, 3.8) is 0 Å². The fourth-order valence-corrected chi connectivity index (χ4v) is 4.20. The van der Waals surface area contributed by atoms with E-state index in [2.05, 4.69) is 46.7 Å². The van der Waals surface area contributed by atoms with E-state index in [9.17, 15) is 9.59 Å². The molecule has 1 aromatic carbocycles. The maximum Gasteiger partial charge on any atom is 0.303 e. The number of benzene rings is 1. The highest BCUT2D eigenvalue weighted by Crippen LogP contribution is 2.37. The van der Waals surface area contributed by atoms with Gasteiger partial charge in [-0.05, 0) is 71.1 Å². The number of aliphatic carboxylic acids is 1. The van der Waals surface area contributed by atoms with Crippen molar-refractivity contribution >= 4 is 45.1 Å². The van der Waals surface area contributed by atoms with Crippen molar-refractivity contribution in [1.29, 1.82) is 0 Å². The van der Waals surface area contributed by atoms with Crippen LogP contribution in [0, 0.1) is 5.92 Å². The first-order chi connectivity index (χ1) is 15.5. The Kier molecular flexibility index (Phi) is 6.79. The monoisotopic (exact) mass is 498 g/mol. The normalized spacial score (nSPS) is 18.2. The average molecular weight is 499 g/mol. The van der Waals surface area contributed by atoms with Crippen LogP contribution in [0.1, 0.15) is 54.1 Å². The maximum absolute atomic E-state index is 12.5. The zero-order valence-electron chi connectivity index (χ0n) is 17.2. The van der Waals surface area contributed by atoms with Gasteiger partial charge in [0.1, 0.15) is 16.1 Å². The van der Waals surface area contributed by atoms with Crippen molar-refractivity contribution in [2.24, 2.45) is 5.92 Å². The number of anilines is 3. The van der Waals surface area contributed by atoms with Gasteiger partial charge in [0.05, 0.1) is 12.4 Å². The Labute approximate surface area is 193 Å². The largest absolute Gasteiger partial charge is 0.481 e. The Bertz CT molecular complexity index is 1080. The lowest BCUT2D eigenvalue weighted by atomic mass is 9.77. The zero-order valence-corrected chi connectivity index (χ0v) is 18.8. The van der Waals surface area contributed by atoms with E-state index in [-0.39, 0.29) is 18.2 Å². The van der Waals surface area contributed by atoms with Gasteiger partial charge < -0.3 is 15.7 Å². The standard InChI is InChI=1S/C22H23BrN6O3/c23-18-11-25-20(12-24-18)27-19-10-17(28-29-19)22(32)26-16-7-5-15(6-8-16)14-3-1-13(2-4-14)9-21(30)31/h5-8,10-14H,1-4,9H2,(H,26,32)(H,30,31)(H2,25,27,28,29)/t13-,14-. The van der Waals surface area contributed by atoms with E-state index in [1.165, 1.54) is 5.56 Å². The summed E-state index contributed by atoms with van der Waals surface area (Å²) in [6, 6.07) is 9.45. The van der Waals surface area contributed by atoms with Crippen molar-refractivity contribution in [3.05, 3.63) is 58.6 Å². The molecule has 2 heterocycles. The average Bonchev–Trinajstić information content (AvgIpc) is 3.25. The van der Waals surface area contributed by atoms with E-state index in [0.717, 1.165) is 25.7 Å². The van der Waals surface area contributed by atoms with Crippen molar-refractivity contribution < 1.29 is 14.7 Å². The van der Waals surface area contributed by atoms with Crippen LogP contribution in [0.25, 0.3) is 0 Å². The lowest BCUT2D eigenvalue weighted by Crippen LogP contribution is -2.16.